The van der Waals surface area contributed by atoms with Crippen LogP contribution >= 0.6 is 0 Å². The fraction of sp³-hybridized carbons (Fsp3) is 0. The van der Waals surface area contributed by atoms with Gasteiger partial charge in [0.25, 0.3) is 0 Å². The van der Waals surface area contributed by atoms with Crippen LogP contribution in [-0.4, -0.2) is 48.4 Å². The Morgan fingerprint density at radius 2 is 1.20 bits per heavy atom. The Balaban J connectivity index is -0.00000000167. The van der Waals surface area contributed by atoms with Gasteiger partial charge in [-0.25, -0.2) is 0 Å². The van der Waals surface area contributed by atoms with Crippen molar-refractivity contribution in [3.8, 4) is 0 Å². The summed E-state index contributed by atoms with van der Waals surface area (Å²) in [5.41, 5.74) is 0. The van der Waals surface area contributed by atoms with Crippen molar-refractivity contribution in [1.29, 1.82) is 0 Å². The molecule has 24 valence electrons. The molecule has 0 heterocycles. The van der Waals surface area contributed by atoms with E-state index < -0.39 is 0 Å². The van der Waals surface area contributed by atoms with Gasteiger partial charge in [-0.1, -0.05) is 0 Å². The Labute approximate surface area is 107 Å². The van der Waals surface area contributed by atoms with Gasteiger partial charge in [0.1, 0.15) is 0 Å². The first-order valence-corrected chi connectivity index (χ1v) is 1.37. The standard InChI is InChI=1S/In.O.Sn.Tb.Zn. The third-order valence-electron chi connectivity index (χ3n) is 0. The van der Waals surface area contributed by atoms with Crippen molar-refractivity contribution in [3.05, 3.63) is 0 Å². The summed E-state index contributed by atoms with van der Waals surface area (Å²) in [4.78, 5) is 0. The van der Waals surface area contributed by atoms with E-state index in [4.69, 9.17) is 3.08 Å². The van der Waals surface area contributed by atoms with Gasteiger partial charge in [-0.05, 0) is 0 Å². The molecule has 0 amide bonds. The van der Waals surface area contributed by atoms with Gasteiger partial charge in [0.2, 0.25) is 0 Å². The molecule has 0 saturated heterocycles. The minimum Gasteiger partial charge on any atom is 0 e. The van der Waals surface area contributed by atoms with E-state index in [1.807, 2.05) is 0 Å². The predicted octanol–water partition coefficient (Wildman–Crippen LogP) is -0.883. The van der Waals surface area contributed by atoms with Crippen molar-refractivity contribution in [2.24, 2.45) is 0 Å². The normalized spacial score (nSPS) is 0.800. The quantitative estimate of drug-likeness (QED) is 0.418. The van der Waals surface area contributed by atoms with Crippen molar-refractivity contribution in [2.45, 2.75) is 0 Å². The minimum atomic E-state index is 0. The Morgan fingerprint density at radius 1 is 1.20 bits per heavy atom. The zero-order chi connectivity index (χ0) is 2.00. The first kappa shape index (κ1) is 23.8. The second-order valence-electron chi connectivity index (χ2n) is 0. The monoisotopic (exact) mass is 474 g/mol. The topological polar surface area (TPSA) is 17.1 Å². The maximum Gasteiger partial charge on any atom is 0 e. The Bertz CT molecular complexity index is 11.6. The van der Waals surface area contributed by atoms with Gasteiger partial charge in [-0.2, -0.15) is 0 Å². The van der Waals surface area contributed by atoms with Crippen LogP contribution in [0.1, 0.15) is 0 Å². The van der Waals surface area contributed by atoms with Crippen LogP contribution in [0.4, 0.5) is 0 Å². The van der Waals surface area contributed by atoms with Gasteiger partial charge >= 0.3 is 25.6 Å². The van der Waals surface area contributed by atoms with Crippen LogP contribution in [0.5, 0.6) is 0 Å². The summed E-state index contributed by atoms with van der Waals surface area (Å²) in [5, 5.41) is 0. The van der Waals surface area contributed by atoms with Gasteiger partial charge in [0.15, 0.2) is 0 Å². The van der Waals surface area contributed by atoms with Crippen molar-refractivity contribution < 1.29 is 61.2 Å². The molecule has 0 aromatic carbocycles. The molecule has 0 aliphatic rings. The molecule has 0 atom stereocenters. The minimum absolute atomic E-state index is 0. The largest absolute Gasteiger partial charge is 0 e. The molecule has 6 radical (unpaired) electrons. The molecule has 0 rings (SSSR count). The summed E-state index contributed by atoms with van der Waals surface area (Å²) in [7, 11) is 0. The van der Waals surface area contributed by atoms with Crippen LogP contribution in [0.3, 0.4) is 0 Å². The van der Waals surface area contributed by atoms with E-state index in [2.05, 4.69) is 0 Å². The van der Waals surface area contributed by atoms with E-state index >= 15 is 0 Å². The summed E-state index contributed by atoms with van der Waals surface area (Å²) in [5.74, 6) is 0. The van der Waals surface area contributed by atoms with Crippen LogP contribution < -0.4 is 0 Å². The molecule has 5 heteroatoms. The van der Waals surface area contributed by atoms with Crippen molar-refractivity contribution in [3.63, 3.8) is 0 Å². The van der Waals surface area contributed by atoms with Crippen molar-refractivity contribution in [2.75, 3.05) is 0 Å². The Kier molecular flexibility index (Phi) is 125. The maximum absolute atomic E-state index is 8.34. The zero-order valence-electron chi connectivity index (χ0n) is 2.53. The van der Waals surface area contributed by atoms with Gasteiger partial charge in [-0.15, -0.1) is 0 Å². The van der Waals surface area contributed by atoms with E-state index in [-0.39, 0.29) is 83.9 Å². The van der Waals surface area contributed by atoms with E-state index in [0.29, 0.717) is 22.5 Å². The summed E-state index contributed by atoms with van der Waals surface area (Å²) in [6.45, 7) is 0. The van der Waals surface area contributed by atoms with Crippen LogP contribution in [0.2, 0.25) is 0 Å². The molecule has 0 aliphatic carbocycles. The predicted molar refractivity (Wildman–Crippen MR) is 12.2 cm³/mol. The van der Waals surface area contributed by atoms with E-state index in [1.165, 1.54) is 0 Å². The second-order valence-corrected chi connectivity index (χ2v) is 0. The second kappa shape index (κ2) is 26.3. The number of hydrogen-bond acceptors (Lipinski definition) is 1. The van der Waals surface area contributed by atoms with Gasteiger partial charge in [-0.3, -0.25) is 0 Å². The smallest absolute Gasteiger partial charge is 0 e. The van der Waals surface area contributed by atoms with Gasteiger partial charge in [0, 0.05) is 83.9 Å². The molecule has 0 spiro atoms. The van der Waals surface area contributed by atoms with E-state index in [0.717, 1.165) is 0 Å². The molecular weight excluding hydrogens is 474 g/mol. The molecule has 0 unspecified atom stereocenters. The Hall–Kier alpha value is 3.38. The molecule has 0 fully saturated rings. The van der Waals surface area contributed by atoms with E-state index in [1.54, 1.807) is 0 Å². The maximum atomic E-state index is 8.34. The van der Waals surface area contributed by atoms with E-state index in [9.17, 15) is 0 Å². The van der Waals surface area contributed by atoms with Gasteiger partial charge in [0.05, 0.1) is 0 Å². The summed E-state index contributed by atoms with van der Waals surface area (Å²) < 4.78 is 8.34. The third-order valence-corrected chi connectivity index (χ3v) is 0. The fourth-order valence-electron chi connectivity index (χ4n) is 0. The molecule has 0 bridgehead atoms. The first-order chi connectivity index (χ1) is 1.00. The molecular formula is InOSnTbZn. The van der Waals surface area contributed by atoms with Gasteiger partial charge < -0.3 is 0 Å². The average Bonchev–Trinajstić information content (AvgIpc) is 1.00. The molecule has 1 nitrogen and oxygen atoms in total. The van der Waals surface area contributed by atoms with Crippen LogP contribution in [0.25, 0.3) is 0 Å². The molecule has 5 heavy (non-hydrogen) atoms. The SMILES string of the molecule is [In].[O]=[Sn].[Tb].[Zn]. The number of rotatable bonds is 0. The van der Waals surface area contributed by atoms with Crippen LogP contribution in [-0.2, 0) is 22.6 Å². The number of hydrogen-bond donors (Lipinski definition) is 0. The van der Waals surface area contributed by atoms with Crippen LogP contribution in [0.15, 0.2) is 0 Å². The summed E-state index contributed by atoms with van der Waals surface area (Å²) >= 11 is 0.300. The molecule has 0 N–H and O–H groups in total. The van der Waals surface area contributed by atoms with Crippen LogP contribution in [0, 0.1) is 38.6 Å². The molecule has 0 aromatic rings. The average molecular weight is 474 g/mol. The molecule has 0 saturated carbocycles. The summed E-state index contributed by atoms with van der Waals surface area (Å²) in [6, 6.07) is 0. The Morgan fingerprint density at radius 3 is 1.20 bits per heavy atom. The van der Waals surface area contributed by atoms with Crippen molar-refractivity contribution >= 4 is 48.4 Å². The fourth-order valence-corrected chi connectivity index (χ4v) is 0. The third kappa shape index (κ3) is 18.7. The first-order valence-electron chi connectivity index (χ1n) is 0.204. The molecule has 0 aromatic heterocycles. The molecule has 0 aliphatic heterocycles. The van der Waals surface area contributed by atoms with Crippen molar-refractivity contribution in [1.82, 2.24) is 0 Å². The summed E-state index contributed by atoms with van der Waals surface area (Å²) in [6.07, 6.45) is 0. The zero-order valence-corrected chi connectivity index (χ0v) is 13.8.